The molecule has 142 valence electrons. The maximum Gasteiger partial charge on any atom is 0.340 e. The smallest absolute Gasteiger partial charge is 0.340 e. The van der Waals surface area contributed by atoms with Gasteiger partial charge in [0.05, 0.1) is 30.6 Å². The van der Waals surface area contributed by atoms with Crippen LogP contribution in [0.1, 0.15) is 21.5 Å². The van der Waals surface area contributed by atoms with Crippen molar-refractivity contribution >= 4 is 23.2 Å². The molecule has 1 saturated heterocycles. The molecule has 2 aromatic rings. The minimum Gasteiger partial charge on any atom is -0.504 e. The predicted molar refractivity (Wildman–Crippen MR) is 91.5 cm³/mol. The van der Waals surface area contributed by atoms with E-state index in [9.17, 15) is 19.5 Å². The van der Waals surface area contributed by atoms with Crippen molar-refractivity contribution in [2.75, 3.05) is 33.1 Å². The van der Waals surface area contributed by atoms with E-state index >= 15 is 0 Å². The van der Waals surface area contributed by atoms with E-state index in [1.165, 1.54) is 0 Å². The third-order valence-electron chi connectivity index (χ3n) is 4.86. The van der Waals surface area contributed by atoms with Gasteiger partial charge in [0.1, 0.15) is 5.56 Å². The van der Waals surface area contributed by atoms with Crippen LogP contribution in [0.2, 0.25) is 0 Å². The lowest BCUT2D eigenvalue weighted by molar-refractivity contribution is -0.134. The van der Waals surface area contributed by atoms with Crippen LogP contribution in [0.5, 0.6) is 17.2 Å². The highest BCUT2D eigenvalue weighted by Crippen LogP contribution is 2.49. The van der Waals surface area contributed by atoms with Gasteiger partial charge in [-0.15, -0.1) is 0 Å². The Labute approximate surface area is 153 Å². The van der Waals surface area contributed by atoms with E-state index in [1.807, 2.05) is 0 Å². The number of aldehydes is 1. The summed E-state index contributed by atoms with van der Waals surface area (Å²) in [5.41, 5.74) is -0.382. The molecule has 1 aromatic heterocycles. The Hall–Kier alpha value is -3.07. The highest BCUT2D eigenvalue weighted by atomic mass is 16.7. The summed E-state index contributed by atoms with van der Waals surface area (Å²) in [7, 11) is 0. The number of nitrogens with zero attached hydrogens (tertiary/aromatic N) is 1. The molecular weight excluding hydrogens is 358 g/mol. The number of morpholine rings is 1. The number of carbonyl (C=O) groups is 2. The summed E-state index contributed by atoms with van der Waals surface area (Å²) in [6, 6.07) is 0. The Morgan fingerprint density at radius 3 is 2.63 bits per heavy atom. The molecule has 0 spiro atoms. The summed E-state index contributed by atoms with van der Waals surface area (Å²) in [6.45, 7) is 3.35. The molecular formula is C18H17NO8. The van der Waals surface area contributed by atoms with Crippen molar-refractivity contribution < 1.29 is 33.3 Å². The Morgan fingerprint density at radius 1 is 1.22 bits per heavy atom. The first-order valence-corrected chi connectivity index (χ1v) is 8.44. The number of fused-ring (bicyclic) bond motifs is 3. The van der Waals surface area contributed by atoms with E-state index in [0.29, 0.717) is 43.5 Å². The number of rotatable bonds is 3. The molecule has 0 unspecified atom stereocenters. The Balaban J connectivity index is 1.86. The second kappa shape index (κ2) is 6.58. The number of ether oxygens (including phenoxy) is 3. The summed E-state index contributed by atoms with van der Waals surface area (Å²) < 4.78 is 21.2. The third kappa shape index (κ3) is 2.71. The second-order valence-electron chi connectivity index (χ2n) is 6.31. The minimum atomic E-state index is -0.733. The third-order valence-corrected chi connectivity index (χ3v) is 4.86. The monoisotopic (exact) mass is 375 g/mol. The van der Waals surface area contributed by atoms with Gasteiger partial charge < -0.3 is 28.6 Å². The van der Waals surface area contributed by atoms with Gasteiger partial charge in [0, 0.05) is 13.1 Å². The van der Waals surface area contributed by atoms with Gasteiger partial charge in [0.15, 0.2) is 23.4 Å². The van der Waals surface area contributed by atoms with Gasteiger partial charge in [0.2, 0.25) is 18.4 Å². The van der Waals surface area contributed by atoms with E-state index in [1.54, 1.807) is 11.8 Å². The van der Waals surface area contributed by atoms with Crippen LogP contribution in [0.15, 0.2) is 9.21 Å². The van der Waals surface area contributed by atoms with E-state index in [4.69, 9.17) is 18.6 Å². The van der Waals surface area contributed by atoms with E-state index < -0.39 is 11.4 Å². The molecule has 4 rings (SSSR count). The van der Waals surface area contributed by atoms with Crippen LogP contribution in [-0.4, -0.2) is 55.3 Å². The first-order valence-electron chi connectivity index (χ1n) is 8.44. The molecule has 27 heavy (non-hydrogen) atoms. The van der Waals surface area contributed by atoms with Crippen molar-refractivity contribution in [2.45, 2.75) is 13.3 Å². The van der Waals surface area contributed by atoms with Crippen molar-refractivity contribution in [2.24, 2.45) is 0 Å². The lowest BCUT2D eigenvalue weighted by atomic mass is 9.99. The number of hydrogen-bond donors (Lipinski definition) is 1. The van der Waals surface area contributed by atoms with Crippen LogP contribution in [0, 0.1) is 6.92 Å². The van der Waals surface area contributed by atoms with E-state index in [2.05, 4.69) is 0 Å². The highest BCUT2D eigenvalue weighted by molar-refractivity contribution is 6.04. The van der Waals surface area contributed by atoms with Crippen molar-refractivity contribution in [3.8, 4) is 17.2 Å². The fourth-order valence-electron chi connectivity index (χ4n) is 3.40. The molecule has 1 fully saturated rings. The number of aromatic hydroxyl groups is 1. The second-order valence-corrected chi connectivity index (χ2v) is 6.31. The maximum atomic E-state index is 12.6. The largest absolute Gasteiger partial charge is 0.504 e. The lowest BCUT2D eigenvalue weighted by Crippen LogP contribution is -2.42. The number of carbonyl (C=O) groups excluding carboxylic acids is 2. The van der Waals surface area contributed by atoms with Gasteiger partial charge in [-0.25, -0.2) is 4.79 Å². The molecule has 1 amide bonds. The maximum absolute atomic E-state index is 12.6. The predicted octanol–water partition coefficient (Wildman–Crippen LogP) is 0.750. The van der Waals surface area contributed by atoms with Crippen molar-refractivity contribution in [3.05, 3.63) is 27.1 Å². The van der Waals surface area contributed by atoms with Gasteiger partial charge in [-0.2, -0.15) is 0 Å². The number of phenolic OH excluding ortho intramolecular Hbond substituents is 1. The van der Waals surface area contributed by atoms with Crippen molar-refractivity contribution in [3.63, 3.8) is 0 Å². The molecule has 2 aliphatic heterocycles. The molecule has 0 saturated carbocycles. The Kier molecular flexibility index (Phi) is 4.23. The van der Waals surface area contributed by atoms with Gasteiger partial charge in [-0.1, -0.05) is 0 Å². The van der Waals surface area contributed by atoms with Crippen LogP contribution < -0.4 is 15.1 Å². The molecule has 0 atom stereocenters. The Morgan fingerprint density at radius 2 is 1.93 bits per heavy atom. The molecule has 0 aliphatic carbocycles. The van der Waals surface area contributed by atoms with Gasteiger partial charge >= 0.3 is 5.63 Å². The molecule has 0 radical (unpaired) electrons. The molecule has 2 aliphatic rings. The molecule has 9 nitrogen and oxygen atoms in total. The minimum absolute atomic E-state index is 0.0204. The summed E-state index contributed by atoms with van der Waals surface area (Å²) in [4.78, 5) is 38.1. The molecule has 0 bridgehead atoms. The summed E-state index contributed by atoms with van der Waals surface area (Å²) in [5, 5.41) is 10.5. The van der Waals surface area contributed by atoms with Crippen molar-refractivity contribution in [1.29, 1.82) is 0 Å². The van der Waals surface area contributed by atoms with E-state index in [-0.39, 0.29) is 47.3 Å². The summed E-state index contributed by atoms with van der Waals surface area (Å²) >= 11 is 0. The van der Waals surface area contributed by atoms with Crippen LogP contribution >= 0.6 is 0 Å². The number of benzene rings is 1. The van der Waals surface area contributed by atoms with Gasteiger partial charge in [0.25, 0.3) is 0 Å². The average molecular weight is 375 g/mol. The van der Waals surface area contributed by atoms with E-state index in [0.717, 1.165) is 0 Å². The topological polar surface area (TPSA) is 116 Å². The first kappa shape index (κ1) is 17.3. The number of hydrogen-bond acceptors (Lipinski definition) is 8. The zero-order chi connectivity index (χ0) is 19.1. The number of aryl methyl sites for hydroxylation is 1. The van der Waals surface area contributed by atoms with Crippen LogP contribution in [0.25, 0.3) is 11.0 Å². The zero-order valence-electron chi connectivity index (χ0n) is 14.6. The zero-order valence-corrected chi connectivity index (χ0v) is 14.6. The average Bonchev–Trinajstić information content (AvgIpc) is 3.15. The fraction of sp³-hybridized carbons (Fsp3) is 0.389. The van der Waals surface area contributed by atoms with Gasteiger partial charge in [-0.05, 0) is 12.5 Å². The molecule has 1 aromatic carbocycles. The van der Waals surface area contributed by atoms with Crippen LogP contribution in [0.3, 0.4) is 0 Å². The first-order chi connectivity index (χ1) is 13.0. The van der Waals surface area contributed by atoms with Crippen LogP contribution in [-0.2, 0) is 16.0 Å². The number of amides is 1. The lowest BCUT2D eigenvalue weighted by Gasteiger charge is -2.27. The molecule has 9 heteroatoms. The van der Waals surface area contributed by atoms with Crippen molar-refractivity contribution in [1.82, 2.24) is 4.90 Å². The van der Waals surface area contributed by atoms with Crippen LogP contribution in [0.4, 0.5) is 0 Å². The summed E-state index contributed by atoms with van der Waals surface area (Å²) in [6.07, 6.45) is 0.248. The molecule has 3 heterocycles. The SMILES string of the molecule is Cc1c(CC(=O)N2CCOCC2)c(=O)oc2c(C=O)c(O)c3c(c12)OCO3. The highest BCUT2D eigenvalue weighted by Gasteiger charge is 2.30. The Bertz CT molecular complexity index is 1000. The fourth-order valence-corrected chi connectivity index (χ4v) is 3.40. The van der Waals surface area contributed by atoms with Gasteiger partial charge in [-0.3, -0.25) is 9.59 Å². The quantitative estimate of drug-likeness (QED) is 0.617. The normalized spacial score (nSPS) is 16.0. The standard InChI is InChI=1S/C18H17NO8/c1-9-10(6-12(21)19-2-4-24-5-3-19)18(23)27-15-11(7-20)14(22)17-16(13(9)15)25-8-26-17/h7,22H,2-6,8H2,1H3. The number of phenols is 1. The summed E-state index contributed by atoms with van der Waals surface area (Å²) in [5.74, 6) is -0.442. The molecule has 1 N–H and O–H groups in total.